The lowest BCUT2D eigenvalue weighted by molar-refractivity contribution is -0.222. The topological polar surface area (TPSA) is 166 Å². The van der Waals surface area contributed by atoms with Gasteiger partial charge in [0.25, 0.3) is 9.70 Å². The molecular formula is C14H17Cl3N4O8. The smallest absolute Gasteiger partial charge is 0.303 e. The highest BCUT2D eigenvalue weighted by Gasteiger charge is 2.51. The van der Waals surface area contributed by atoms with Gasteiger partial charge in [-0.05, 0) is 5.53 Å². The van der Waals surface area contributed by atoms with E-state index in [0.717, 1.165) is 20.8 Å². The summed E-state index contributed by atoms with van der Waals surface area (Å²) in [5.74, 6) is -3.44. The van der Waals surface area contributed by atoms with E-state index in [2.05, 4.69) is 15.3 Å². The van der Waals surface area contributed by atoms with E-state index >= 15 is 0 Å². The van der Waals surface area contributed by atoms with Crippen LogP contribution in [-0.2, 0) is 38.1 Å². The van der Waals surface area contributed by atoms with Crippen LogP contribution in [0.1, 0.15) is 20.8 Å². The monoisotopic (exact) mass is 474 g/mol. The molecule has 0 unspecified atom stereocenters. The van der Waals surface area contributed by atoms with Gasteiger partial charge in [-0.25, -0.2) is 0 Å². The molecule has 1 heterocycles. The van der Waals surface area contributed by atoms with E-state index in [-0.39, 0.29) is 0 Å². The van der Waals surface area contributed by atoms with Gasteiger partial charge in [0.2, 0.25) is 0 Å². The maximum Gasteiger partial charge on any atom is 0.303 e. The Hall–Kier alpha value is -1.98. The van der Waals surface area contributed by atoms with Gasteiger partial charge >= 0.3 is 17.9 Å². The molecule has 1 aliphatic rings. The van der Waals surface area contributed by atoms with Crippen molar-refractivity contribution in [2.24, 2.45) is 5.11 Å². The number of azide groups is 1. The summed E-state index contributed by atoms with van der Waals surface area (Å²) in [5, 5.41) is 5.63. The molecule has 0 aromatic rings. The van der Waals surface area contributed by atoms with Crippen LogP contribution in [0.15, 0.2) is 5.11 Å². The minimum Gasteiger partial charge on any atom is -0.463 e. The molecule has 0 spiro atoms. The minimum absolute atomic E-state index is 0.437. The van der Waals surface area contributed by atoms with Crippen LogP contribution in [0.25, 0.3) is 10.4 Å². The average molecular weight is 476 g/mol. The lowest BCUT2D eigenvalue weighted by atomic mass is 9.95. The molecule has 162 valence electrons. The Labute approximate surface area is 179 Å². The number of halogens is 3. The Kier molecular flexibility index (Phi) is 9.24. The van der Waals surface area contributed by atoms with E-state index in [0.29, 0.717) is 0 Å². The predicted octanol–water partition coefficient (Wildman–Crippen LogP) is 1.30. The van der Waals surface area contributed by atoms with E-state index in [4.69, 9.17) is 59.3 Å². The van der Waals surface area contributed by atoms with E-state index in [1.54, 1.807) is 0 Å². The zero-order chi connectivity index (χ0) is 22.4. The fourth-order valence-corrected chi connectivity index (χ4v) is 2.62. The number of nitrogens with zero attached hydrogens (tertiary/aromatic N) is 3. The summed E-state index contributed by atoms with van der Waals surface area (Å²) in [6.07, 6.45) is -5.49. The van der Waals surface area contributed by atoms with Gasteiger partial charge in [0.15, 0.2) is 18.4 Å². The van der Waals surface area contributed by atoms with Crippen LogP contribution in [0.4, 0.5) is 0 Å². The fraction of sp³-hybridized carbons (Fsp3) is 0.714. The Balaban J connectivity index is 3.37. The summed E-state index contributed by atoms with van der Waals surface area (Å²) in [6.45, 7) is 2.82. The SMILES string of the molecule is CC(=O)OC[C@H]1O[C@@H](N=[N+]=[N-])[C@H](NC(=O)C(Cl)(Cl)Cl)[C@@H](OC(C)=O)[C@@H]1OC(C)=O. The second-order valence-corrected chi connectivity index (χ2v) is 8.00. The van der Waals surface area contributed by atoms with Crippen molar-refractivity contribution in [3.8, 4) is 0 Å². The summed E-state index contributed by atoms with van der Waals surface area (Å²) in [7, 11) is 0. The summed E-state index contributed by atoms with van der Waals surface area (Å²) >= 11 is 16.6. The number of hydrogen-bond acceptors (Lipinski definition) is 9. The van der Waals surface area contributed by atoms with Crippen LogP contribution in [-0.4, -0.2) is 64.8 Å². The number of alkyl halides is 3. The first-order chi connectivity index (χ1) is 13.4. The molecule has 1 N–H and O–H groups in total. The number of hydrogen-bond donors (Lipinski definition) is 1. The molecular weight excluding hydrogens is 459 g/mol. The molecule has 0 aromatic heterocycles. The second kappa shape index (κ2) is 10.7. The number of carbonyl (C=O) groups excluding carboxylic acids is 4. The molecule has 1 amide bonds. The second-order valence-electron chi connectivity index (χ2n) is 5.72. The Morgan fingerprint density at radius 3 is 2.07 bits per heavy atom. The normalized spacial score (nSPS) is 26.5. The first-order valence-corrected chi connectivity index (χ1v) is 9.05. The molecule has 1 fully saturated rings. The largest absolute Gasteiger partial charge is 0.463 e. The zero-order valence-corrected chi connectivity index (χ0v) is 17.6. The molecule has 0 aliphatic carbocycles. The van der Waals surface area contributed by atoms with Gasteiger partial charge < -0.3 is 24.3 Å². The molecule has 15 heteroatoms. The van der Waals surface area contributed by atoms with Crippen molar-refractivity contribution >= 4 is 58.6 Å². The van der Waals surface area contributed by atoms with E-state index in [9.17, 15) is 19.2 Å². The highest BCUT2D eigenvalue weighted by Crippen LogP contribution is 2.31. The highest BCUT2D eigenvalue weighted by atomic mass is 35.6. The lowest BCUT2D eigenvalue weighted by Crippen LogP contribution is -2.66. The van der Waals surface area contributed by atoms with Crippen molar-refractivity contribution in [1.82, 2.24) is 5.32 Å². The fourth-order valence-electron chi connectivity index (χ4n) is 2.46. The van der Waals surface area contributed by atoms with E-state index in [1.807, 2.05) is 0 Å². The lowest BCUT2D eigenvalue weighted by Gasteiger charge is -2.44. The van der Waals surface area contributed by atoms with Crippen molar-refractivity contribution < 1.29 is 38.1 Å². The Morgan fingerprint density at radius 1 is 1.07 bits per heavy atom. The molecule has 12 nitrogen and oxygen atoms in total. The summed E-state index contributed by atoms with van der Waals surface area (Å²) in [4.78, 5) is 49.1. The zero-order valence-electron chi connectivity index (χ0n) is 15.3. The number of carbonyl (C=O) groups is 4. The van der Waals surface area contributed by atoms with Gasteiger partial charge in [-0.3, -0.25) is 19.2 Å². The molecule has 5 atom stereocenters. The molecule has 0 saturated carbocycles. The van der Waals surface area contributed by atoms with E-state index < -0.39 is 64.8 Å². The third kappa shape index (κ3) is 7.75. The number of ether oxygens (including phenoxy) is 4. The number of amides is 1. The van der Waals surface area contributed by atoms with Crippen LogP contribution in [0.3, 0.4) is 0 Å². The van der Waals surface area contributed by atoms with Gasteiger partial charge in [0.05, 0.1) is 0 Å². The third-order valence-corrected chi connectivity index (χ3v) is 3.96. The quantitative estimate of drug-likeness (QED) is 0.150. The van der Waals surface area contributed by atoms with Crippen LogP contribution in [0.2, 0.25) is 0 Å². The van der Waals surface area contributed by atoms with Gasteiger partial charge in [-0.2, -0.15) is 0 Å². The molecule has 1 rings (SSSR count). The van der Waals surface area contributed by atoms with Crippen LogP contribution < -0.4 is 5.32 Å². The molecule has 0 radical (unpaired) electrons. The first-order valence-electron chi connectivity index (χ1n) is 7.92. The minimum atomic E-state index is -2.41. The maximum atomic E-state index is 12.1. The van der Waals surface area contributed by atoms with Crippen LogP contribution >= 0.6 is 34.8 Å². The van der Waals surface area contributed by atoms with Gasteiger partial charge in [0, 0.05) is 25.7 Å². The summed E-state index contributed by atoms with van der Waals surface area (Å²) in [5.41, 5.74) is 8.82. The maximum absolute atomic E-state index is 12.1. The van der Waals surface area contributed by atoms with Crippen molar-refractivity contribution in [3.63, 3.8) is 0 Å². The van der Waals surface area contributed by atoms with Gasteiger partial charge in [0.1, 0.15) is 18.8 Å². The number of esters is 3. The van der Waals surface area contributed by atoms with Gasteiger partial charge in [-0.1, -0.05) is 39.9 Å². The van der Waals surface area contributed by atoms with Crippen molar-refractivity contribution in [2.75, 3.05) is 6.61 Å². The standard InChI is InChI=1S/C14H17Cl3N4O8/c1-5(22)26-4-8-10(27-6(2)23)11(28-7(3)24)9(12(29-8)20-21-18)19-13(25)14(15,16)17/h8-12H,4H2,1-3H3,(H,19,25)/t8-,9-,10-,11-,12-/m1/s1. The summed E-state index contributed by atoms with van der Waals surface area (Å²) < 4.78 is 18.3. The molecule has 1 aliphatic heterocycles. The third-order valence-electron chi connectivity index (χ3n) is 3.44. The van der Waals surface area contributed by atoms with Crippen LogP contribution in [0.5, 0.6) is 0 Å². The Morgan fingerprint density at radius 2 is 1.62 bits per heavy atom. The predicted molar refractivity (Wildman–Crippen MR) is 97.8 cm³/mol. The number of nitrogens with one attached hydrogen (secondary N) is 1. The van der Waals surface area contributed by atoms with Crippen LogP contribution in [0, 0.1) is 0 Å². The molecule has 0 bridgehead atoms. The molecule has 1 saturated heterocycles. The molecule has 0 aromatic carbocycles. The Bertz CT molecular complexity index is 709. The van der Waals surface area contributed by atoms with Crippen molar-refractivity contribution in [3.05, 3.63) is 10.4 Å². The highest BCUT2D eigenvalue weighted by molar-refractivity contribution is 6.76. The van der Waals surface area contributed by atoms with E-state index in [1.165, 1.54) is 0 Å². The van der Waals surface area contributed by atoms with Crippen molar-refractivity contribution in [1.29, 1.82) is 0 Å². The first kappa shape index (κ1) is 25.1. The van der Waals surface area contributed by atoms with Gasteiger partial charge in [-0.15, -0.1) is 0 Å². The molecule has 29 heavy (non-hydrogen) atoms. The average Bonchev–Trinajstić information content (AvgIpc) is 2.56. The summed E-state index contributed by atoms with van der Waals surface area (Å²) in [6, 6.07) is -1.41. The van der Waals surface area contributed by atoms with Crippen molar-refractivity contribution in [2.45, 2.75) is 55.1 Å². The number of rotatable bonds is 6.